The average Bonchev–Trinajstić information content (AvgIpc) is 3.10. The smallest absolute Gasteiger partial charge is 0.227 e. The normalized spacial score (nSPS) is 27.8. The highest BCUT2D eigenvalue weighted by atomic mass is 16.2. The van der Waals surface area contributed by atoms with Crippen molar-refractivity contribution in [3.05, 3.63) is 35.9 Å². The van der Waals surface area contributed by atoms with Gasteiger partial charge in [-0.05, 0) is 31.2 Å². The average molecular weight is 272 g/mol. The van der Waals surface area contributed by atoms with Crippen LogP contribution in [0.3, 0.4) is 0 Å². The van der Waals surface area contributed by atoms with Crippen molar-refractivity contribution >= 4 is 5.91 Å². The molecule has 2 fully saturated rings. The second kappa shape index (κ2) is 5.96. The molecule has 108 valence electrons. The van der Waals surface area contributed by atoms with Crippen LogP contribution < -0.4 is 5.32 Å². The van der Waals surface area contributed by atoms with Gasteiger partial charge in [0.1, 0.15) is 0 Å². The third-order valence-corrected chi connectivity index (χ3v) is 4.64. The van der Waals surface area contributed by atoms with Crippen LogP contribution in [0.5, 0.6) is 0 Å². The fourth-order valence-corrected chi connectivity index (χ4v) is 3.67. The number of hydrogen-bond acceptors (Lipinski definition) is 2. The molecule has 0 saturated carbocycles. The standard InChI is InChI=1S/C17H24N2O/c1-2-10-19(12-13-6-4-3-5-7-13)17(20)15-11-14-8-9-16(15)18-14/h3-7,14-16,18H,2,8-12H2,1H3. The second-order valence-electron chi connectivity index (χ2n) is 6.14. The van der Waals surface area contributed by atoms with Crippen LogP contribution in [0.15, 0.2) is 30.3 Å². The number of carbonyl (C=O) groups is 1. The van der Waals surface area contributed by atoms with Crippen molar-refractivity contribution in [1.82, 2.24) is 10.2 Å². The molecule has 3 heteroatoms. The number of nitrogens with zero attached hydrogens (tertiary/aromatic N) is 1. The second-order valence-corrected chi connectivity index (χ2v) is 6.14. The summed E-state index contributed by atoms with van der Waals surface area (Å²) in [5.74, 6) is 0.569. The molecule has 0 spiro atoms. The Morgan fingerprint density at radius 3 is 2.70 bits per heavy atom. The van der Waals surface area contributed by atoms with Gasteiger partial charge in [0.05, 0.1) is 5.92 Å². The Morgan fingerprint density at radius 1 is 1.30 bits per heavy atom. The Labute approximate surface area is 121 Å². The summed E-state index contributed by atoms with van der Waals surface area (Å²) in [6.45, 7) is 3.76. The van der Waals surface area contributed by atoms with Gasteiger partial charge in [-0.15, -0.1) is 0 Å². The Hall–Kier alpha value is -1.35. The number of fused-ring (bicyclic) bond motifs is 2. The molecule has 0 aromatic heterocycles. The molecular formula is C17H24N2O. The number of hydrogen-bond donors (Lipinski definition) is 1. The number of nitrogens with one attached hydrogen (secondary N) is 1. The summed E-state index contributed by atoms with van der Waals surface area (Å²) in [5.41, 5.74) is 1.23. The van der Waals surface area contributed by atoms with Crippen LogP contribution in [0.2, 0.25) is 0 Å². The number of benzene rings is 1. The van der Waals surface area contributed by atoms with Crippen LogP contribution in [-0.2, 0) is 11.3 Å². The van der Waals surface area contributed by atoms with Gasteiger partial charge in [-0.3, -0.25) is 4.79 Å². The first-order valence-electron chi connectivity index (χ1n) is 7.86. The van der Waals surface area contributed by atoms with Crippen LogP contribution in [0.1, 0.15) is 38.2 Å². The van der Waals surface area contributed by atoms with Gasteiger partial charge in [-0.25, -0.2) is 0 Å². The van der Waals surface area contributed by atoms with Crippen molar-refractivity contribution in [2.45, 2.75) is 51.2 Å². The molecule has 1 amide bonds. The fraction of sp³-hybridized carbons (Fsp3) is 0.588. The van der Waals surface area contributed by atoms with Crippen LogP contribution >= 0.6 is 0 Å². The third-order valence-electron chi connectivity index (χ3n) is 4.64. The van der Waals surface area contributed by atoms with E-state index in [0.29, 0.717) is 18.0 Å². The monoisotopic (exact) mass is 272 g/mol. The summed E-state index contributed by atoms with van der Waals surface area (Å²) in [5, 5.41) is 3.57. The van der Waals surface area contributed by atoms with Crippen LogP contribution in [0.25, 0.3) is 0 Å². The molecule has 0 aliphatic carbocycles. The molecule has 20 heavy (non-hydrogen) atoms. The van der Waals surface area contributed by atoms with Gasteiger partial charge in [0.25, 0.3) is 0 Å². The van der Waals surface area contributed by atoms with Gasteiger partial charge in [0, 0.05) is 25.2 Å². The molecule has 2 aliphatic rings. The molecule has 2 aliphatic heterocycles. The summed E-state index contributed by atoms with van der Waals surface area (Å²) in [4.78, 5) is 14.9. The van der Waals surface area contributed by atoms with E-state index in [1.54, 1.807) is 0 Å². The zero-order chi connectivity index (χ0) is 13.9. The lowest BCUT2D eigenvalue weighted by Gasteiger charge is -2.28. The van der Waals surface area contributed by atoms with Crippen molar-refractivity contribution in [3.8, 4) is 0 Å². The van der Waals surface area contributed by atoms with Crippen molar-refractivity contribution < 1.29 is 4.79 Å². The minimum absolute atomic E-state index is 0.212. The molecular weight excluding hydrogens is 248 g/mol. The lowest BCUT2D eigenvalue weighted by atomic mass is 9.88. The number of amides is 1. The molecule has 3 rings (SSSR count). The minimum Gasteiger partial charge on any atom is -0.338 e. The van der Waals surface area contributed by atoms with Crippen LogP contribution in [0.4, 0.5) is 0 Å². The van der Waals surface area contributed by atoms with E-state index in [0.717, 1.165) is 25.9 Å². The summed E-state index contributed by atoms with van der Waals surface area (Å²) in [6.07, 6.45) is 4.48. The summed E-state index contributed by atoms with van der Waals surface area (Å²) in [7, 11) is 0. The van der Waals surface area contributed by atoms with Crippen molar-refractivity contribution in [3.63, 3.8) is 0 Å². The molecule has 1 N–H and O–H groups in total. The first-order chi connectivity index (χ1) is 9.78. The van der Waals surface area contributed by atoms with E-state index in [1.165, 1.54) is 18.4 Å². The maximum absolute atomic E-state index is 12.8. The van der Waals surface area contributed by atoms with E-state index >= 15 is 0 Å². The Bertz CT molecular complexity index is 459. The van der Waals surface area contributed by atoms with Crippen LogP contribution in [0, 0.1) is 5.92 Å². The molecule has 3 atom stereocenters. The molecule has 3 nitrogen and oxygen atoms in total. The lowest BCUT2D eigenvalue weighted by molar-refractivity contribution is -0.136. The van der Waals surface area contributed by atoms with Crippen LogP contribution in [-0.4, -0.2) is 29.4 Å². The zero-order valence-electron chi connectivity index (χ0n) is 12.2. The highest BCUT2D eigenvalue weighted by Gasteiger charge is 2.43. The topological polar surface area (TPSA) is 32.3 Å². The van der Waals surface area contributed by atoms with Gasteiger partial charge < -0.3 is 10.2 Å². The van der Waals surface area contributed by atoms with Crippen molar-refractivity contribution in [1.29, 1.82) is 0 Å². The fourth-order valence-electron chi connectivity index (χ4n) is 3.67. The summed E-state index contributed by atoms with van der Waals surface area (Å²) in [6, 6.07) is 11.3. The first kappa shape index (κ1) is 13.6. The first-order valence-corrected chi connectivity index (χ1v) is 7.86. The predicted octanol–water partition coefficient (Wildman–Crippen LogP) is 2.57. The molecule has 2 heterocycles. The molecule has 1 aromatic carbocycles. The molecule has 2 bridgehead atoms. The third kappa shape index (κ3) is 2.73. The minimum atomic E-state index is 0.212. The van der Waals surface area contributed by atoms with E-state index in [2.05, 4.69) is 29.3 Å². The summed E-state index contributed by atoms with van der Waals surface area (Å²) >= 11 is 0. The molecule has 2 saturated heterocycles. The number of rotatable bonds is 5. The van der Waals surface area contributed by atoms with E-state index < -0.39 is 0 Å². The predicted molar refractivity (Wildman–Crippen MR) is 80.2 cm³/mol. The van der Waals surface area contributed by atoms with Gasteiger partial charge in [-0.2, -0.15) is 0 Å². The van der Waals surface area contributed by atoms with E-state index in [9.17, 15) is 4.79 Å². The van der Waals surface area contributed by atoms with Crippen molar-refractivity contribution in [2.24, 2.45) is 5.92 Å². The largest absolute Gasteiger partial charge is 0.338 e. The maximum atomic E-state index is 12.8. The lowest BCUT2D eigenvalue weighted by Crippen LogP contribution is -2.41. The number of carbonyl (C=O) groups excluding carboxylic acids is 1. The molecule has 3 unspecified atom stereocenters. The Balaban J connectivity index is 1.68. The van der Waals surface area contributed by atoms with Gasteiger partial charge in [0.2, 0.25) is 5.91 Å². The quantitative estimate of drug-likeness (QED) is 0.893. The Kier molecular flexibility index (Phi) is 4.06. The zero-order valence-corrected chi connectivity index (χ0v) is 12.2. The van der Waals surface area contributed by atoms with E-state index in [1.807, 2.05) is 18.2 Å². The molecule has 0 radical (unpaired) electrons. The Morgan fingerprint density at radius 2 is 2.10 bits per heavy atom. The SMILES string of the molecule is CCCN(Cc1ccccc1)C(=O)C1CC2CCC1N2. The maximum Gasteiger partial charge on any atom is 0.227 e. The van der Waals surface area contributed by atoms with Crippen molar-refractivity contribution in [2.75, 3.05) is 6.54 Å². The van der Waals surface area contributed by atoms with E-state index in [4.69, 9.17) is 0 Å². The van der Waals surface area contributed by atoms with Gasteiger partial charge in [0.15, 0.2) is 0 Å². The highest BCUT2D eigenvalue weighted by Crippen LogP contribution is 2.34. The van der Waals surface area contributed by atoms with E-state index in [-0.39, 0.29) is 5.92 Å². The summed E-state index contributed by atoms with van der Waals surface area (Å²) < 4.78 is 0. The van der Waals surface area contributed by atoms with Gasteiger partial charge >= 0.3 is 0 Å². The van der Waals surface area contributed by atoms with Gasteiger partial charge in [-0.1, -0.05) is 37.3 Å². The highest BCUT2D eigenvalue weighted by molar-refractivity contribution is 5.80. The molecule has 1 aromatic rings.